The number of anilines is 1. The lowest BCUT2D eigenvalue weighted by molar-refractivity contribution is -0.0593. The predicted molar refractivity (Wildman–Crippen MR) is 64.9 cm³/mol. The fraction of sp³-hybridized carbons (Fsp3) is 0.545. The molecule has 18 heavy (non-hydrogen) atoms. The van der Waals surface area contributed by atoms with Crippen LogP contribution in [0.2, 0.25) is 0 Å². The highest BCUT2D eigenvalue weighted by atomic mass is 16.5. The predicted octanol–water partition coefficient (Wildman–Crippen LogP) is 0.652. The second kappa shape index (κ2) is 4.87. The van der Waals surface area contributed by atoms with Crippen LogP contribution in [0.25, 0.3) is 11.2 Å². The van der Waals surface area contributed by atoms with Gasteiger partial charge in [-0.3, -0.25) is 0 Å². The number of aromatic nitrogens is 4. The van der Waals surface area contributed by atoms with Crippen molar-refractivity contribution in [3.8, 4) is 0 Å². The molecule has 0 saturated carbocycles. The van der Waals surface area contributed by atoms with E-state index in [1.165, 1.54) is 6.33 Å². The molecule has 3 heterocycles. The number of rotatable bonds is 3. The van der Waals surface area contributed by atoms with Gasteiger partial charge in [0.15, 0.2) is 11.5 Å². The SMILES string of the molecule is OCC1CCCC(Nc2ncnc3nc[nH]c23)O1. The Bertz CT molecular complexity index is 529. The minimum absolute atomic E-state index is 0.0570. The summed E-state index contributed by atoms with van der Waals surface area (Å²) in [5, 5.41) is 12.3. The van der Waals surface area contributed by atoms with Gasteiger partial charge in [0.1, 0.15) is 18.1 Å². The van der Waals surface area contributed by atoms with Crippen LogP contribution < -0.4 is 5.32 Å². The molecule has 2 aromatic rings. The molecule has 0 aliphatic carbocycles. The molecule has 0 spiro atoms. The van der Waals surface area contributed by atoms with E-state index in [2.05, 4.69) is 25.3 Å². The molecular formula is C11H15N5O2. The van der Waals surface area contributed by atoms with Gasteiger partial charge in [0.05, 0.1) is 19.0 Å². The lowest BCUT2D eigenvalue weighted by Gasteiger charge is -2.29. The Labute approximate surface area is 104 Å². The molecule has 1 aliphatic rings. The number of aliphatic hydroxyl groups excluding tert-OH is 1. The molecule has 3 rings (SSSR count). The van der Waals surface area contributed by atoms with Crippen molar-refractivity contribution in [3.63, 3.8) is 0 Å². The molecule has 7 heteroatoms. The quantitative estimate of drug-likeness (QED) is 0.739. The molecule has 0 radical (unpaired) electrons. The van der Waals surface area contributed by atoms with Crippen LogP contribution >= 0.6 is 0 Å². The monoisotopic (exact) mass is 249 g/mol. The maximum Gasteiger partial charge on any atom is 0.182 e. The van der Waals surface area contributed by atoms with E-state index in [1.54, 1.807) is 6.33 Å². The summed E-state index contributed by atoms with van der Waals surface area (Å²) < 4.78 is 5.71. The van der Waals surface area contributed by atoms with Gasteiger partial charge in [-0.15, -0.1) is 0 Å². The van der Waals surface area contributed by atoms with Gasteiger partial charge in [-0.25, -0.2) is 15.0 Å². The van der Waals surface area contributed by atoms with Gasteiger partial charge in [0.25, 0.3) is 0 Å². The summed E-state index contributed by atoms with van der Waals surface area (Å²) in [6.07, 6.45) is 5.67. The van der Waals surface area contributed by atoms with Gasteiger partial charge >= 0.3 is 0 Å². The van der Waals surface area contributed by atoms with Crippen LogP contribution in [0.1, 0.15) is 19.3 Å². The molecular weight excluding hydrogens is 234 g/mol. The van der Waals surface area contributed by atoms with Crippen molar-refractivity contribution in [2.75, 3.05) is 11.9 Å². The summed E-state index contributed by atoms with van der Waals surface area (Å²) in [4.78, 5) is 15.3. The van der Waals surface area contributed by atoms with E-state index >= 15 is 0 Å². The molecule has 2 unspecified atom stereocenters. The first-order chi connectivity index (χ1) is 8.86. The van der Waals surface area contributed by atoms with Crippen LogP contribution in [0.4, 0.5) is 5.82 Å². The normalized spacial score (nSPS) is 24.3. The second-order valence-electron chi connectivity index (χ2n) is 4.33. The topological polar surface area (TPSA) is 96.0 Å². The third-order valence-electron chi connectivity index (χ3n) is 3.07. The van der Waals surface area contributed by atoms with Crippen LogP contribution in [0, 0.1) is 0 Å². The van der Waals surface area contributed by atoms with E-state index in [1.807, 2.05) is 0 Å². The molecule has 3 N–H and O–H groups in total. The molecule has 0 amide bonds. The molecule has 1 saturated heterocycles. The molecule has 1 fully saturated rings. The molecule has 1 aliphatic heterocycles. The minimum Gasteiger partial charge on any atom is -0.394 e. The highest BCUT2D eigenvalue weighted by Gasteiger charge is 2.22. The number of aromatic amines is 1. The van der Waals surface area contributed by atoms with Crippen molar-refractivity contribution in [2.45, 2.75) is 31.6 Å². The number of ether oxygens (including phenoxy) is 1. The van der Waals surface area contributed by atoms with Crippen LogP contribution in [0.15, 0.2) is 12.7 Å². The number of H-pyrrole nitrogens is 1. The van der Waals surface area contributed by atoms with Gasteiger partial charge in [-0.1, -0.05) is 0 Å². The zero-order valence-corrected chi connectivity index (χ0v) is 9.83. The summed E-state index contributed by atoms with van der Waals surface area (Å²) in [6.45, 7) is 0.0570. The maximum atomic E-state index is 9.12. The first kappa shape index (κ1) is 11.4. The summed E-state index contributed by atoms with van der Waals surface area (Å²) in [5.74, 6) is 0.682. The Balaban J connectivity index is 1.77. The van der Waals surface area contributed by atoms with Crippen LogP contribution in [0.3, 0.4) is 0 Å². The number of nitrogens with one attached hydrogen (secondary N) is 2. The minimum atomic E-state index is -0.128. The molecule has 96 valence electrons. The third kappa shape index (κ3) is 2.14. The third-order valence-corrected chi connectivity index (χ3v) is 3.07. The van der Waals surface area contributed by atoms with E-state index in [0.717, 1.165) is 24.8 Å². The van der Waals surface area contributed by atoms with E-state index in [4.69, 9.17) is 9.84 Å². The average molecular weight is 249 g/mol. The second-order valence-corrected chi connectivity index (χ2v) is 4.33. The van der Waals surface area contributed by atoms with Gasteiger partial charge in [-0.2, -0.15) is 0 Å². The molecule has 7 nitrogen and oxygen atoms in total. The number of aliphatic hydroxyl groups is 1. The smallest absolute Gasteiger partial charge is 0.182 e. The van der Waals surface area contributed by atoms with Crippen molar-refractivity contribution in [1.82, 2.24) is 19.9 Å². The number of nitrogens with zero attached hydrogens (tertiary/aromatic N) is 3. The van der Waals surface area contributed by atoms with Crippen molar-refractivity contribution in [3.05, 3.63) is 12.7 Å². The van der Waals surface area contributed by atoms with Gasteiger partial charge in [-0.05, 0) is 19.3 Å². The van der Waals surface area contributed by atoms with Crippen LogP contribution in [-0.2, 0) is 4.74 Å². The molecule has 0 bridgehead atoms. The lowest BCUT2D eigenvalue weighted by atomic mass is 10.1. The fourth-order valence-corrected chi connectivity index (χ4v) is 2.17. The van der Waals surface area contributed by atoms with Crippen molar-refractivity contribution < 1.29 is 9.84 Å². The van der Waals surface area contributed by atoms with Crippen molar-refractivity contribution in [2.24, 2.45) is 0 Å². The van der Waals surface area contributed by atoms with E-state index in [9.17, 15) is 0 Å². The Morgan fingerprint density at radius 1 is 1.39 bits per heavy atom. The standard InChI is InChI=1S/C11H15N5O2/c17-4-7-2-1-3-8(18-7)16-11-9-10(13-5-12-9)14-6-15-11/h5-8,17H,1-4H2,(H2,12,13,14,15,16). The summed E-state index contributed by atoms with van der Waals surface area (Å²) in [6, 6.07) is 0. The van der Waals surface area contributed by atoms with Gasteiger partial charge in [0.2, 0.25) is 0 Å². The zero-order chi connectivity index (χ0) is 12.4. The zero-order valence-electron chi connectivity index (χ0n) is 9.83. The highest BCUT2D eigenvalue weighted by molar-refractivity contribution is 5.81. The van der Waals surface area contributed by atoms with E-state index < -0.39 is 0 Å². The largest absolute Gasteiger partial charge is 0.394 e. The Morgan fingerprint density at radius 2 is 2.33 bits per heavy atom. The summed E-state index contributed by atoms with van der Waals surface area (Å²) in [7, 11) is 0. The number of fused-ring (bicyclic) bond motifs is 1. The fourth-order valence-electron chi connectivity index (χ4n) is 2.17. The molecule has 0 aromatic carbocycles. The first-order valence-electron chi connectivity index (χ1n) is 6.04. The molecule has 2 aromatic heterocycles. The number of hydrogen-bond donors (Lipinski definition) is 3. The first-order valence-corrected chi connectivity index (χ1v) is 6.04. The van der Waals surface area contributed by atoms with Gasteiger partial charge < -0.3 is 20.1 Å². The van der Waals surface area contributed by atoms with Crippen LogP contribution in [-0.4, -0.2) is 44.0 Å². The Kier molecular flexibility index (Phi) is 3.07. The lowest BCUT2D eigenvalue weighted by Crippen LogP contribution is -2.35. The van der Waals surface area contributed by atoms with E-state index in [-0.39, 0.29) is 18.9 Å². The van der Waals surface area contributed by atoms with Crippen molar-refractivity contribution in [1.29, 1.82) is 0 Å². The average Bonchev–Trinajstić information content (AvgIpc) is 2.88. The Morgan fingerprint density at radius 3 is 3.22 bits per heavy atom. The van der Waals surface area contributed by atoms with E-state index in [0.29, 0.717) is 11.5 Å². The van der Waals surface area contributed by atoms with Crippen molar-refractivity contribution >= 4 is 17.0 Å². The summed E-state index contributed by atoms with van der Waals surface area (Å²) in [5.41, 5.74) is 1.40. The highest BCUT2D eigenvalue weighted by Crippen LogP contribution is 2.22. The number of imidazole rings is 1. The number of hydrogen-bond acceptors (Lipinski definition) is 6. The molecule has 2 atom stereocenters. The van der Waals surface area contributed by atoms with Crippen LogP contribution in [0.5, 0.6) is 0 Å². The summed E-state index contributed by atoms with van der Waals surface area (Å²) >= 11 is 0. The maximum absolute atomic E-state index is 9.12. The Hall–Kier alpha value is -1.73. The van der Waals surface area contributed by atoms with Gasteiger partial charge in [0, 0.05) is 0 Å².